The lowest BCUT2D eigenvalue weighted by Crippen LogP contribution is -2.32. The van der Waals surface area contributed by atoms with Crippen molar-refractivity contribution in [2.75, 3.05) is 6.61 Å². The van der Waals surface area contributed by atoms with Gasteiger partial charge in [0, 0.05) is 17.5 Å². The third-order valence-corrected chi connectivity index (χ3v) is 3.38. The molecule has 1 aliphatic rings. The molecule has 0 saturated carbocycles. The fourth-order valence-electron chi connectivity index (χ4n) is 1.91. The topological polar surface area (TPSA) is 133 Å². The molecular weight excluding hydrogens is 322 g/mol. The van der Waals surface area contributed by atoms with Crippen LogP contribution in [0, 0.1) is 0 Å². The van der Waals surface area contributed by atoms with Crippen molar-refractivity contribution in [1.82, 2.24) is 9.55 Å². The summed E-state index contributed by atoms with van der Waals surface area (Å²) in [7, 11) is 0. The number of aliphatic hydroxyl groups excluding tert-OH is 1. The van der Waals surface area contributed by atoms with E-state index in [4.69, 9.17) is 15.4 Å². The quantitative estimate of drug-likeness (QED) is 0.466. The van der Waals surface area contributed by atoms with E-state index in [2.05, 4.69) is 30.9 Å². The van der Waals surface area contributed by atoms with Crippen LogP contribution in [0.3, 0.4) is 0 Å². The zero-order valence-corrected chi connectivity index (χ0v) is 11.1. The SMILES string of the molecule is [N-]=[N+]=N[C@H]1C[C@H](n2cc(Br)c(=O)[nH]c2=O)O[C@@H]1CO. The Kier molecular flexibility index (Phi) is 4.05. The van der Waals surface area contributed by atoms with Gasteiger partial charge in [0.2, 0.25) is 0 Å². The van der Waals surface area contributed by atoms with E-state index in [0.29, 0.717) is 0 Å². The lowest BCUT2D eigenvalue weighted by molar-refractivity contribution is -0.0271. The zero-order valence-electron chi connectivity index (χ0n) is 9.56. The number of ether oxygens (including phenoxy) is 1. The fourth-order valence-corrected chi connectivity index (χ4v) is 2.23. The smallest absolute Gasteiger partial charge is 0.330 e. The minimum absolute atomic E-state index is 0.184. The van der Waals surface area contributed by atoms with Crippen LogP contribution in [-0.2, 0) is 4.74 Å². The first-order chi connectivity index (χ1) is 9.06. The number of nitrogens with one attached hydrogen (secondary N) is 1. The lowest BCUT2D eigenvalue weighted by Gasteiger charge is -2.14. The van der Waals surface area contributed by atoms with Crippen LogP contribution in [0.2, 0.25) is 0 Å². The molecule has 0 radical (unpaired) electrons. The van der Waals surface area contributed by atoms with Crippen molar-refractivity contribution in [2.45, 2.75) is 24.8 Å². The minimum Gasteiger partial charge on any atom is -0.394 e. The van der Waals surface area contributed by atoms with Gasteiger partial charge >= 0.3 is 5.69 Å². The number of hydrogen-bond acceptors (Lipinski definition) is 5. The summed E-state index contributed by atoms with van der Waals surface area (Å²) in [5.41, 5.74) is 7.26. The van der Waals surface area contributed by atoms with Gasteiger partial charge in [0.15, 0.2) is 0 Å². The summed E-state index contributed by atoms with van der Waals surface area (Å²) in [4.78, 5) is 27.7. The number of aromatic nitrogens is 2. The molecule has 9 nitrogen and oxygen atoms in total. The Morgan fingerprint density at radius 3 is 3.05 bits per heavy atom. The van der Waals surface area contributed by atoms with Gasteiger partial charge in [0.05, 0.1) is 23.2 Å². The van der Waals surface area contributed by atoms with Crippen LogP contribution in [-0.4, -0.2) is 33.4 Å². The van der Waals surface area contributed by atoms with Crippen molar-refractivity contribution >= 4 is 15.9 Å². The number of H-pyrrole nitrogens is 1. The van der Waals surface area contributed by atoms with E-state index in [-0.39, 0.29) is 17.5 Å². The summed E-state index contributed by atoms with van der Waals surface area (Å²) in [5.74, 6) is 0. The molecule has 3 atom stereocenters. The molecule has 19 heavy (non-hydrogen) atoms. The molecule has 1 aromatic heterocycles. The van der Waals surface area contributed by atoms with E-state index in [9.17, 15) is 9.59 Å². The van der Waals surface area contributed by atoms with Crippen LogP contribution < -0.4 is 11.2 Å². The number of aromatic amines is 1. The maximum absolute atomic E-state index is 11.7. The largest absolute Gasteiger partial charge is 0.394 e. The van der Waals surface area contributed by atoms with Gasteiger partial charge in [-0.3, -0.25) is 14.3 Å². The number of aliphatic hydroxyl groups is 1. The van der Waals surface area contributed by atoms with Crippen molar-refractivity contribution < 1.29 is 9.84 Å². The highest BCUT2D eigenvalue weighted by atomic mass is 79.9. The highest BCUT2D eigenvalue weighted by molar-refractivity contribution is 9.10. The van der Waals surface area contributed by atoms with Crippen LogP contribution in [0.4, 0.5) is 0 Å². The molecule has 10 heteroatoms. The number of halogens is 1. The monoisotopic (exact) mass is 331 g/mol. The van der Waals surface area contributed by atoms with E-state index in [0.717, 1.165) is 0 Å². The lowest BCUT2D eigenvalue weighted by atomic mass is 10.1. The second-order valence-corrected chi connectivity index (χ2v) is 4.82. The van der Waals surface area contributed by atoms with Gasteiger partial charge in [-0.2, -0.15) is 0 Å². The van der Waals surface area contributed by atoms with E-state index in [1.165, 1.54) is 10.8 Å². The maximum Gasteiger partial charge on any atom is 0.330 e. The van der Waals surface area contributed by atoms with E-state index < -0.39 is 29.6 Å². The van der Waals surface area contributed by atoms with Crippen LogP contribution in [0.25, 0.3) is 10.4 Å². The molecular formula is C9H10BrN5O4. The molecule has 0 amide bonds. The summed E-state index contributed by atoms with van der Waals surface area (Å²) >= 11 is 3.01. The maximum atomic E-state index is 11.7. The van der Waals surface area contributed by atoms with Crippen LogP contribution in [0.15, 0.2) is 25.4 Å². The Labute approximate surface area is 114 Å². The second-order valence-electron chi connectivity index (χ2n) is 3.96. The third-order valence-electron chi connectivity index (χ3n) is 2.82. The third kappa shape index (κ3) is 2.71. The minimum atomic E-state index is -0.701. The summed E-state index contributed by atoms with van der Waals surface area (Å²) in [6, 6.07) is -0.558. The Hall–Kier alpha value is -1.61. The van der Waals surface area contributed by atoms with Crippen molar-refractivity contribution in [3.8, 4) is 0 Å². The van der Waals surface area contributed by atoms with E-state index >= 15 is 0 Å². The van der Waals surface area contributed by atoms with Crippen LogP contribution in [0.1, 0.15) is 12.6 Å². The van der Waals surface area contributed by atoms with Gasteiger partial charge in [0.1, 0.15) is 6.23 Å². The Morgan fingerprint density at radius 1 is 1.68 bits per heavy atom. The molecule has 2 heterocycles. The average molecular weight is 332 g/mol. The summed E-state index contributed by atoms with van der Waals surface area (Å²) in [5, 5.41) is 12.7. The number of azide groups is 1. The van der Waals surface area contributed by atoms with E-state index in [1.54, 1.807) is 0 Å². The predicted octanol–water partition coefficient (Wildman–Crippen LogP) is 0.258. The van der Waals surface area contributed by atoms with Crippen LogP contribution >= 0.6 is 15.9 Å². The predicted molar refractivity (Wildman–Crippen MR) is 67.6 cm³/mol. The Balaban J connectivity index is 2.34. The molecule has 2 rings (SSSR count). The molecule has 1 saturated heterocycles. The first-order valence-electron chi connectivity index (χ1n) is 5.38. The normalized spacial score (nSPS) is 26.1. The summed E-state index contributed by atoms with van der Waals surface area (Å²) in [6.45, 7) is -0.320. The first-order valence-corrected chi connectivity index (χ1v) is 6.17. The molecule has 2 N–H and O–H groups in total. The zero-order chi connectivity index (χ0) is 14.0. The number of rotatable bonds is 3. The van der Waals surface area contributed by atoms with Gasteiger partial charge in [-0.1, -0.05) is 5.11 Å². The molecule has 1 aliphatic heterocycles. The summed E-state index contributed by atoms with van der Waals surface area (Å²) < 4.78 is 6.81. The standard InChI is InChI=1S/C9H10BrN5O4/c10-4-2-15(9(18)12-8(4)17)7-1-5(13-14-11)6(3-16)19-7/h2,5-7,16H,1,3H2,(H,12,17,18)/t5-,6+,7+/m0/s1. The van der Waals surface area contributed by atoms with Gasteiger partial charge in [-0.05, 0) is 21.5 Å². The van der Waals surface area contributed by atoms with Gasteiger partial charge in [-0.25, -0.2) is 4.79 Å². The molecule has 1 aromatic rings. The molecule has 0 aliphatic carbocycles. The van der Waals surface area contributed by atoms with Crippen molar-refractivity contribution in [2.24, 2.45) is 5.11 Å². The second kappa shape index (κ2) is 5.57. The average Bonchev–Trinajstić information content (AvgIpc) is 2.77. The van der Waals surface area contributed by atoms with Crippen molar-refractivity contribution in [1.29, 1.82) is 0 Å². The summed E-state index contributed by atoms with van der Waals surface area (Å²) in [6.07, 6.45) is 0.179. The Bertz CT molecular complexity index is 634. The molecule has 0 bridgehead atoms. The highest BCUT2D eigenvalue weighted by Gasteiger charge is 2.35. The van der Waals surface area contributed by atoms with Gasteiger partial charge < -0.3 is 9.84 Å². The highest BCUT2D eigenvalue weighted by Crippen LogP contribution is 2.29. The first kappa shape index (κ1) is 13.8. The molecule has 0 spiro atoms. The molecule has 0 unspecified atom stereocenters. The van der Waals surface area contributed by atoms with Crippen molar-refractivity contribution in [3.63, 3.8) is 0 Å². The van der Waals surface area contributed by atoms with Gasteiger partial charge in [0.25, 0.3) is 5.56 Å². The number of nitrogens with zero attached hydrogens (tertiary/aromatic N) is 4. The van der Waals surface area contributed by atoms with Crippen LogP contribution in [0.5, 0.6) is 0 Å². The van der Waals surface area contributed by atoms with E-state index in [1.807, 2.05) is 0 Å². The molecule has 0 aromatic carbocycles. The molecule has 1 fully saturated rings. The Morgan fingerprint density at radius 2 is 2.42 bits per heavy atom. The van der Waals surface area contributed by atoms with Crippen molar-refractivity contribution in [3.05, 3.63) is 42.0 Å². The number of hydrogen-bond donors (Lipinski definition) is 2. The fraction of sp³-hybridized carbons (Fsp3) is 0.556. The molecule has 102 valence electrons. The van der Waals surface area contributed by atoms with Gasteiger partial charge in [-0.15, -0.1) is 0 Å².